The summed E-state index contributed by atoms with van der Waals surface area (Å²) in [4.78, 5) is 19.2. The second kappa shape index (κ2) is 4.14. The number of thioether (sulfide) groups is 1. The summed E-state index contributed by atoms with van der Waals surface area (Å²) in [5.41, 5.74) is 1.88. The topological polar surface area (TPSA) is 34.9 Å². The Labute approximate surface area is 108 Å². The largest absolute Gasteiger partial charge is 0.303 e. The van der Waals surface area contributed by atoms with Crippen molar-refractivity contribution in [1.82, 2.24) is 9.55 Å². The van der Waals surface area contributed by atoms with Gasteiger partial charge in [0.1, 0.15) is 5.69 Å². The fourth-order valence-corrected chi connectivity index (χ4v) is 4.57. The van der Waals surface area contributed by atoms with Gasteiger partial charge >= 0.3 is 0 Å². The molecule has 3 aliphatic rings. The Balaban J connectivity index is 2.30. The maximum atomic E-state index is 12.1. The highest BCUT2D eigenvalue weighted by Gasteiger charge is 2.25. The molecular weight excluding hydrogens is 252 g/mol. The standard InChI is InChI=1S/C12H14N2OS2/c1-3-16-12-10-9(11(15)14(12)2)13-7-5-4-6-8(7)17-10/h3-6H2,1-2H3. The first kappa shape index (κ1) is 11.3. The van der Waals surface area contributed by atoms with E-state index >= 15 is 0 Å². The molecule has 1 aliphatic carbocycles. The van der Waals surface area contributed by atoms with Gasteiger partial charge in [-0.15, -0.1) is 23.1 Å². The molecule has 90 valence electrons. The van der Waals surface area contributed by atoms with Crippen LogP contribution >= 0.6 is 23.1 Å². The molecule has 0 amide bonds. The Morgan fingerprint density at radius 1 is 1.47 bits per heavy atom. The van der Waals surface area contributed by atoms with Gasteiger partial charge in [0, 0.05) is 11.9 Å². The van der Waals surface area contributed by atoms with Crippen LogP contribution in [-0.2, 0) is 19.9 Å². The van der Waals surface area contributed by atoms with Crippen LogP contribution in [0.25, 0.3) is 10.6 Å². The molecule has 0 bridgehead atoms. The molecule has 2 heterocycles. The average molecular weight is 266 g/mol. The maximum Gasteiger partial charge on any atom is 0.278 e. The molecule has 17 heavy (non-hydrogen) atoms. The average Bonchev–Trinajstić information content (AvgIpc) is 2.87. The van der Waals surface area contributed by atoms with E-state index in [1.54, 1.807) is 27.7 Å². The van der Waals surface area contributed by atoms with Gasteiger partial charge in [-0.1, -0.05) is 6.92 Å². The Morgan fingerprint density at radius 3 is 3.06 bits per heavy atom. The number of aromatic nitrogens is 2. The summed E-state index contributed by atoms with van der Waals surface area (Å²) in [5, 5.41) is 1.08. The predicted molar refractivity (Wildman–Crippen MR) is 72.4 cm³/mol. The first-order valence-corrected chi connectivity index (χ1v) is 7.66. The Morgan fingerprint density at radius 2 is 2.29 bits per heavy atom. The van der Waals surface area contributed by atoms with Crippen molar-refractivity contribution >= 4 is 23.1 Å². The van der Waals surface area contributed by atoms with E-state index in [2.05, 4.69) is 11.9 Å². The number of hydrogen-bond acceptors (Lipinski definition) is 4. The molecule has 0 saturated heterocycles. The highest BCUT2D eigenvalue weighted by Crippen LogP contribution is 2.38. The monoisotopic (exact) mass is 266 g/mol. The van der Waals surface area contributed by atoms with Crippen LogP contribution < -0.4 is 5.56 Å². The van der Waals surface area contributed by atoms with Gasteiger partial charge in [0.2, 0.25) is 0 Å². The van der Waals surface area contributed by atoms with Gasteiger partial charge in [-0.2, -0.15) is 0 Å². The smallest absolute Gasteiger partial charge is 0.278 e. The second-order valence-electron chi connectivity index (χ2n) is 4.22. The van der Waals surface area contributed by atoms with Crippen LogP contribution in [0, 0.1) is 0 Å². The van der Waals surface area contributed by atoms with Gasteiger partial charge in [0.25, 0.3) is 5.56 Å². The van der Waals surface area contributed by atoms with Gasteiger partial charge in [0.05, 0.1) is 15.6 Å². The number of rotatable bonds is 2. The first-order chi connectivity index (χ1) is 8.22. The summed E-state index contributed by atoms with van der Waals surface area (Å²) in [7, 11) is 1.85. The number of fused-ring (bicyclic) bond motifs is 2. The SMILES string of the molecule is CCSc1c2sc3c(nc-2c(=O)n1C)CCC3. The van der Waals surface area contributed by atoms with E-state index < -0.39 is 0 Å². The second-order valence-corrected chi connectivity index (χ2v) is 6.58. The van der Waals surface area contributed by atoms with Crippen molar-refractivity contribution in [2.24, 2.45) is 7.05 Å². The quantitative estimate of drug-likeness (QED) is 0.784. The summed E-state index contributed by atoms with van der Waals surface area (Å²) in [6.07, 6.45) is 3.34. The summed E-state index contributed by atoms with van der Waals surface area (Å²) in [5.74, 6) is 0.982. The third kappa shape index (κ3) is 1.64. The van der Waals surface area contributed by atoms with Crippen LogP contribution in [0.4, 0.5) is 0 Å². The van der Waals surface area contributed by atoms with E-state index in [1.807, 2.05) is 7.05 Å². The zero-order valence-electron chi connectivity index (χ0n) is 9.95. The van der Waals surface area contributed by atoms with E-state index in [4.69, 9.17) is 0 Å². The third-order valence-electron chi connectivity index (χ3n) is 3.11. The number of hydrogen-bond donors (Lipinski definition) is 0. The molecule has 0 saturated carbocycles. The van der Waals surface area contributed by atoms with Crippen molar-refractivity contribution in [1.29, 1.82) is 0 Å². The molecule has 0 N–H and O–H groups in total. The highest BCUT2D eigenvalue weighted by atomic mass is 32.2. The van der Waals surface area contributed by atoms with Crippen LogP contribution in [0.2, 0.25) is 0 Å². The van der Waals surface area contributed by atoms with Gasteiger partial charge < -0.3 is 4.57 Å². The lowest BCUT2D eigenvalue weighted by Gasteiger charge is -2.04. The Bertz CT molecular complexity index is 600. The van der Waals surface area contributed by atoms with Gasteiger partial charge in [-0.05, 0) is 25.0 Å². The maximum absolute atomic E-state index is 12.1. The zero-order valence-corrected chi connectivity index (χ0v) is 11.6. The summed E-state index contributed by atoms with van der Waals surface area (Å²) >= 11 is 3.50. The van der Waals surface area contributed by atoms with Crippen LogP contribution in [0.15, 0.2) is 9.82 Å². The lowest BCUT2D eigenvalue weighted by atomic mass is 10.3. The van der Waals surface area contributed by atoms with Crippen molar-refractivity contribution in [3.8, 4) is 10.6 Å². The minimum atomic E-state index is 0.0573. The van der Waals surface area contributed by atoms with Crippen LogP contribution in [-0.4, -0.2) is 15.3 Å². The molecule has 0 radical (unpaired) electrons. The van der Waals surface area contributed by atoms with Crippen molar-refractivity contribution in [2.75, 3.05) is 5.75 Å². The summed E-state index contributed by atoms with van der Waals surface area (Å²) in [6, 6.07) is 0. The van der Waals surface area contributed by atoms with Crippen molar-refractivity contribution in [2.45, 2.75) is 31.2 Å². The van der Waals surface area contributed by atoms with Gasteiger partial charge in [0.15, 0.2) is 0 Å². The molecular formula is C12H14N2OS2. The lowest BCUT2D eigenvalue weighted by molar-refractivity contribution is 0.802. The first-order valence-electron chi connectivity index (χ1n) is 5.86. The molecule has 0 atom stereocenters. The lowest BCUT2D eigenvalue weighted by Crippen LogP contribution is -2.12. The molecule has 0 aromatic heterocycles. The van der Waals surface area contributed by atoms with Crippen LogP contribution in [0.1, 0.15) is 23.9 Å². The summed E-state index contributed by atoms with van der Waals surface area (Å²) in [6.45, 7) is 2.11. The van der Waals surface area contributed by atoms with E-state index in [0.29, 0.717) is 5.69 Å². The van der Waals surface area contributed by atoms with Crippen molar-refractivity contribution < 1.29 is 0 Å². The molecule has 3 nitrogen and oxygen atoms in total. The van der Waals surface area contributed by atoms with Crippen LogP contribution in [0.5, 0.6) is 0 Å². The molecule has 0 aromatic rings. The minimum absolute atomic E-state index is 0.0573. The highest BCUT2D eigenvalue weighted by molar-refractivity contribution is 7.99. The fourth-order valence-electron chi connectivity index (χ4n) is 2.28. The zero-order chi connectivity index (χ0) is 12.0. The molecule has 0 fully saturated rings. The Kier molecular flexibility index (Phi) is 2.75. The third-order valence-corrected chi connectivity index (χ3v) is 5.56. The molecule has 0 spiro atoms. The van der Waals surface area contributed by atoms with Gasteiger partial charge in [-0.25, -0.2) is 4.98 Å². The number of nitrogens with zero attached hydrogens (tertiary/aromatic N) is 2. The molecule has 5 heteroatoms. The normalized spacial score (nSPS) is 14.5. The summed E-state index contributed by atoms with van der Waals surface area (Å²) < 4.78 is 1.75. The Hall–Kier alpha value is -0.810. The van der Waals surface area contributed by atoms with E-state index in [1.165, 1.54) is 11.3 Å². The van der Waals surface area contributed by atoms with Crippen LogP contribution in [0.3, 0.4) is 0 Å². The minimum Gasteiger partial charge on any atom is -0.303 e. The van der Waals surface area contributed by atoms with Crippen molar-refractivity contribution in [3.05, 3.63) is 20.9 Å². The molecule has 0 aromatic carbocycles. The fraction of sp³-hybridized carbons (Fsp3) is 0.500. The number of aryl methyl sites for hydroxylation is 2. The predicted octanol–water partition coefficient (Wildman–Crippen LogP) is 2.55. The van der Waals surface area contributed by atoms with Gasteiger partial charge in [-0.3, -0.25) is 4.79 Å². The molecule has 2 aliphatic heterocycles. The van der Waals surface area contributed by atoms with E-state index in [0.717, 1.165) is 34.2 Å². The molecule has 3 rings (SSSR count). The van der Waals surface area contributed by atoms with E-state index in [9.17, 15) is 4.79 Å². The molecule has 0 unspecified atom stereocenters. The van der Waals surface area contributed by atoms with Crippen molar-refractivity contribution in [3.63, 3.8) is 0 Å². The van der Waals surface area contributed by atoms with E-state index in [-0.39, 0.29) is 5.56 Å².